The number of halogens is 1. The Kier molecular flexibility index (Phi) is 15.0. The first-order valence-corrected chi connectivity index (χ1v) is 25.6. The first-order chi connectivity index (χ1) is 26.6. The van der Waals surface area contributed by atoms with Crippen LogP contribution in [-0.4, -0.2) is 43.4 Å². The Morgan fingerprint density at radius 3 is 2.05 bits per heavy atom. The van der Waals surface area contributed by atoms with Crippen molar-refractivity contribution in [1.29, 1.82) is 0 Å². The van der Waals surface area contributed by atoms with Gasteiger partial charge in [0.25, 0.3) is 5.69 Å². The van der Waals surface area contributed by atoms with Crippen molar-refractivity contribution < 1.29 is 31.4 Å². The lowest BCUT2D eigenvalue weighted by Gasteiger charge is -2.39. The van der Waals surface area contributed by atoms with Gasteiger partial charge >= 0.3 is 15.8 Å². The molecular weight excluding hydrogens is 890 g/mol. The van der Waals surface area contributed by atoms with Crippen molar-refractivity contribution >= 4 is 46.7 Å². The molecule has 0 amide bonds. The highest BCUT2D eigenvalue weighted by Gasteiger charge is 2.45. The van der Waals surface area contributed by atoms with Gasteiger partial charge in [0.1, 0.15) is 11.1 Å². The minimum atomic E-state index is -4.58. The molecule has 322 valence electrons. The second-order valence-electron chi connectivity index (χ2n) is 19.0. The van der Waals surface area contributed by atoms with Gasteiger partial charge in [-0.05, 0) is 99.1 Å². The van der Waals surface area contributed by atoms with Gasteiger partial charge in [0.05, 0.1) is 41.0 Å². The van der Waals surface area contributed by atoms with E-state index < -0.39 is 52.7 Å². The molecule has 4 rings (SSSR count). The van der Waals surface area contributed by atoms with Crippen LogP contribution in [-0.2, 0) is 30.6 Å². The topological polar surface area (TPSA) is 149 Å². The van der Waals surface area contributed by atoms with Crippen molar-refractivity contribution in [3.05, 3.63) is 88.5 Å². The molecule has 1 saturated heterocycles. The molecule has 1 aliphatic rings. The summed E-state index contributed by atoms with van der Waals surface area (Å²) < 4.78 is 57.1. The summed E-state index contributed by atoms with van der Waals surface area (Å²) in [5, 5.41) is 12.2. The van der Waals surface area contributed by atoms with Crippen molar-refractivity contribution in [3.8, 4) is 5.88 Å². The molecule has 58 heavy (non-hydrogen) atoms. The van der Waals surface area contributed by atoms with E-state index in [1.165, 1.54) is 16.8 Å². The fourth-order valence-electron chi connectivity index (χ4n) is 6.99. The molecule has 0 saturated carbocycles. The quantitative estimate of drug-likeness (QED) is 0.0474. The zero-order valence-electron chi connectivity index (χ0n) is 36.9. The lowest BCUT2D eigenvalue weighted by atomic mass is 9.84. The molecule has 0 spiro atoms. The third-order valence-corrected chi connectivity index (χ3v) is 17.8. The van der Waals surface area contributed by atoms with Crippen molar-refractivity contribution in [1.82, 2.24) is 9.55 Å². The number of aromatic nitrogens is 2. The van der Waals surface area contributed by atoms with E-state index in [4.69, 9.17) is 18.1 Å². The van der Waals surface area contributed by atoms with Gasteiger partial charge in [0, 0.05) is 22.3 Å². The van der Waals surface area contributed by atoms with Gasteiger partial charge in [-0.2, -0.15) is 13.4 Å². The Labute approximate surface area is 360 Å². The Hall–Kier alpha value is -2.70. The highest BCUT2D eigenvalue weighted by Crippen LogP contribution is 2.44. The summed E-state index contributed by atoms with van der Waals surface area (Å²) in [7, 11) is -6.80. The predicted molar refractivity (Wildman–Crippen MR) is 239 cm³/mol. The van der Waals surface area contributed by atoms with Gasteiger partial charge in [0.2, 0.25) is 5.88 Å². The molecule has 15 heteroatoms. The molecule has 0 radical (unpaired) electrons. The van der Waals surface area contributed by atoms with E-state index in [1.54, 1.807) is 12.1 Å². The molecule has 0 unspecified atom stereocenters. The van der Waals surface area contributed by atoms with E-state index in [0.717, 1.165) is 5.56 Å². The Balaban J connectivity index is 1.90. The SMILES string of the molecule is CC[C@H]1O[C@@H](n2cc(CO[C@@H](c3ccc(I)cc3[N+](=O)[O-])C(C)(C)C)c(OS(=O)(=O)c3c(C(C)C)cc(C(C)C)cc3C(C)C)nc2=O)C[C@H]1O[Si](C)(C)C(C)(C)C. The van der Waals surface area contributed by atoms with Crippen molar-refractivity contribution in [3.63, 3.8) is 0 Å². The highest BCUT2D eigenvalue weighted by molar-refractivity contribution is 14.1. The highest BCUT2D eigenvalue weighted by atomic mass is 127. The van der Waals surface area contributed by atoms with E-state index >= 15 is 0 Å². The molecule has 3 aromatic rings. The van der Waals surface area contributed by atoms with Crippen LogP contribution >= 0.6 is 22.6 Å². The number of hydrogen-bond donors (Lipinski definition) is 0. The van der Waals surface area contributed by atoms with Crippen LogP contribution in [0.15, 0.2) is 46.2 Å². The molecule has 4 atom stereocenters. The maximum Gasteiger partial charge on any atom is 0.353 e. The van der Waals surface area contributed by atoms with Gasteiger partial charge in [-0.15, -0.1) is 0 Å². The normalized spacial score (nSPS) is 18.7. The molecule has 1 aromatic heterocycles. The molecule has 0 aliphatic carbocycles. The lowest BCUT2D eigenvalue weighted by Crippen LogP contribution is -2.45. The van der Waals surface area contributed by atoms with Gasteiger partial charge in [-0.3, -0.25) is 14.7 Å². The zero-order valence-corrected chi connectivity index (χ0v) is 40.9. The molecule has 2 aromatic carbocycles. The number of hydrogen-bond acceptors (Lipinski definition) is 10. The Bertz CT molecular complexity index is 2110. The molecule has 0 N–H and O–H groups in total. The van der Waals surface area contributed by atoms with E-state index in [1.807, 2.05) is 90.1 Å². The van der Waals surface area contributed by atoms with E-state index in [-0.39, 0.29) is 57.8 Å². The minimum absolute atomic E-state index is 0.0492. The zero-order chi connectivity index (χ0) is 43.9. The number of nitro groups is 1. The summed E-state index contributed by atoms with van der Waals surface area (Å²) in [5.41, 5.74) is 1.24. The molecular formula is C43H64IN3O9SSi. The molecule has 2 heterocycles. The fourth-order valence-corrected chi connectivity index (χ4v) is 10.4. The van der Waals surface area contributed by atoms with Gasteiger partial charge in [0.15, 0.2) is 8.32 Å². The van der Waals surface area contributed by atoms with Crippen LogP contribution in [0.1, 0.15) is 161 Å². The second kappa shape index (κ2) is 18.1. The maximum atomic E-state index is 14.6. The van der Waals surface area contributed by atoms with Crippen LogP contribution in [0, 0.1) is 19.1 Å². The molecule has 1 aliphatic heterocycles. The smallest absolute Gasteiger partial charge is 0.353 e. The van der Waals surface area contributed by atoms with Crippen LogP contribution < -0.4 is 9.87 Å². The van der Waals surface area contributed by atoms with Crippen LogP contribution in [0.5, 0.6) is 5.88 Å². The van der Waals surface area contributed by atoms with Gasteiger partial charge in [-0.25, -0.2) is 4.79 Å². The van der Waals surface area contributed by atoms with Gasteiger partial charge in [-0.1, -0.05) is 102 Å². The van der Waals surface area contributed by atoms with Crippen LogP contribution in [0.25, 0.3) is 0 Å². The summed E-state index contributed by atoms with van der Waals surface area (Å²) in [4.78, 5) is 30.2. The number of nitrogens with zero attached hydrogens (tertiary/aromatic N) is 3. The first kappa shape index (κ1) is 48.0. The second-order valence-corrected chi connectivity index (χ2v) is 26.5. The van der Waals surface area contributed by atoms with Crippen LogP contribution in [0.2, 0.25) is 18.1 Å². The van der Waals surface area contributed by atoms with Gasteiger partial charge < -0.3 is 18.1 Å². The number of ether oxygens (including phenoxy) is 2. The van der Waals surface area contributed by atoms with E-state index in [0.29, 0.717) is 33.1 Å². The first-order valence-electron chi connectivity index (χ1n) is 20.2. The van der Waals surface area contributed by atoms with E-state index in [9.17, 15) is 23.3 Å². The van der Waals surface area contributed by atoms with Crippen LogP contribution in [0.4, 0.5) is 5.69 Å². The summed E-state index contributed by atoms with van der Waals surface area (Å²) >= 11 is 2.03. The Morgan fingerprint density at radius 2 is 1.57 bits per heavy atom. The third kappa shape index (κ3) is 10.8. The summed E-state index contributed by atoms with van der Waals surface area (Å²) in [6.07, 6.45) is 0.374. The summed E-state index contributed by atoms with van der Waals surface area (Å²) in [6, 6.07) is 8.78. The lowest BCUT2D eigenvalue weighted by molar-refractivity contribution is -0.386. The van der Waals surface area contributed by atoms with E-state index in [2.05, 4.69) is 52.7 Å². The van der Waals surface area contributed by atoms with Crippen molar-refractivity contribution in [2.45, 2.75) is 175 Å². The monoisotopic (exact) mass is 953 g/mol. The third-order valence-electron chi connectivity index (χ3n) is 11.3. The number of benzene rings is 2. The average molecular weight is 954 g/mol. The molecule has 1 fully saturated rings. The van der Waals surface area contributed by atoms with Crippen molar-refractivity contribution in [2.75, 3.05) is 0 Å². The Morgan fingerprint density at radius 1 is 0.983 bits per heavy atom. The van der Waals surface area contributed by atoms with Crippen LogP contribution in [0.3, 0.4) is 0 Å². The summed E-state index contributed by atoms with van der Waals surface area (Å²) in [5.74, 6) is -0.610. The predicted octanol–water partition coefficient (Wildman–Crippen LogP) is 11.3. The maximum absolute atomic E-state index is 14.6. The minimum Gasteiger partial charge on any atom is -0.411 e. The van der Waals surface area contributed by atoms with Crippen molar-refractivity contribution in [2.24, 2.45) is 5.41 Å². The largest absolute Gasteiger partial charge is 0.411 e. The fraction of sp³-hybridized carbons (Fsp3) is 0.628. The molecule has 0 bridgehead atoms. The number of nitro benzene ring substituents is 1. The average Bonchev–Trinajstić information content (AvgIpc) is 3.49. The standard InChI is InChI=1S/C43H64IN3O9SSi/c1-16-35-36(56-58(14,15)43(11,12)13)22-37(54-35)46-23-29(24-53-39(42(8,9)10)31-18-17-30(44)21-34(31)47(49)50)40(45-41(46)48)55-57(51,52)38-32(26(4)5)19-28(25(2)3)20-33(38)27(6)7/h17-21,23,25-27,35-37,39H,16,22,24H2,1-15H3/t35-,36-,37-,39+/m1/s1. The number of rotatable bonds is 15. The summed E-state index contributed by atoms with van der Waals surface area (Å²) in [6.45, 7) is 30.2. The molecule has 12 nitrogen and oxygen atoms in total.